The Morgan fingerprint density at radius 1 is 1.30 bits per heavy atom. The van der Waals surface area contributed by atoms with Crippen LogP contribution >= 0.6 is 11.3 Å². The molecule has 2 amide bonds. The van der Waals surface area contributed by atoms with E-state index >= 15 is 0 Å². The molecule has 30 heavy (non-hydrogen) atoms. The minimum Gasteiger partial charge on any atom is -0.444 e. The fourth-order valence-electron chi connectivity index (χ4n) is 4.19. The van der Waals surface area contributed by atoms with Gasteiger partial charge in [-0.3, -0.25) is 9.69 Å². The standard InChI is InChI=1S/C21H34N4O4S/c1-14-17(8-10-25(14)20(27)29-21(2,3)4)18(26)23-19-22-11-16(30-19)12-24-9-6-7-15(24)13-28-5/h11,14-15,17H,6-10,12-13H2,1-5H3,(H,22,23,26)/t14-,15+,17-/m0/s1. The maximum absolute atomic E-state index is 12.8. The molecule has 0 radical (unpaired) electrons. The number of hydrogen-bond donors (Lipinski definition) is 1. The van der Waals surface area contributed by atoms with Gasteiger partial charge in [-0.15, -0.1) is 11.3 Å². The van der Waals surface area contributed by atoms with Gasteiger partial charge in [0.05, 0.1) is 12.5 Å². The maximum Gasteiger partial charge on any atom is 0.410 e. The van der Waals surface area contributed by atoms with Crippen LogP contribution in [-0.4, -0.2) is 71.3 Å². The van der Waals surface area contributed by atoms with Crippen molar-refractivity contribution in [1.82, 2.24) is 14.8 Å². The van der Waals surface area contributed by atoms with Crippen molar-refractivity contribution in [2.24, 2.45) is 5.92 Å². The second-order valence-corrected chi connectivity index (χ2v) is 10.3. The van der Waals surface area contributed by atoms with E-state index in [-0.39, 0.29) is 24.0 Å². The molecule has 3 heterocycles. The minimum atomic E-state index is -0.550. The topological polar surface area (TPSA) is 84.0 Å². The molecular weight excluding hydrogens is 404 g/mol. The highest BCUT2D eigenvalue weighted by Gasteiger charge is 2.40. The Bertz CT molecular complexity index is 748. The van der Waals surface area contributed by atoms with Crippen LogP contribution in [0.5, 0.6) is 0 Å². The number of likely N-dealkylation sites (tertiary alicyclic amines) is 2. The van der Waals surface area contributed by atoms with Crippen LogP contribution in [0.2, 0.25) is 0 Å². The number of rotatable bonds is 6. The lowest BCUT2D eigenvalue weighted by Crippen LogP contribution is -2.41. The van der Waals surface area contributed by atoms with E-state index in [0.717, 1.165) is 31.0 Å². The number of nitrogens with zero attached hydrogens (tertiary/aromatic N) is 3. The van der Waals surface area contributed by atoms with E-state index in [9.17, 15) is 9.59 Å². The van der Waals surface area contributed by atoms with E-state index in [1.165, 1.54) is 17.8 Å². The smallest absolute Gasteiger partial charge is 0.410 e. The van der Waals surface area contributed by atoms with Crippen LogP contribution in [0, 0.1) is 5.92 Å². The molecule has 0 saturated carbocycles. The number of methoxy groups -OCH3 is 1. The van der Waals surface area contributed by atoms with Crippen molar-refractivity contribution >= 4 is 28.5 Å². The first-order valence-electron chi connectivity index (χ1n) is 10.7. The van der Waals surface area contributed by atoms with Crippen LogP contribution in [0.25, 0.3) is 0 Å². The fourth-order valence-corrected chi connectivity index (χ4v) is 5.03. The number of carbonyl (C=O) groups is 2. The van der Waals surface area contributed by atoms with Crippen LogP contribution in [0.15, 0.2) is 6.20 Å². The van der Waals surface area contributed by atoms with Crippen LogP contribution in [0.4, 0.5) is 9.93 Å². The molecule has 1 aromatic rings. The average Bonchev–Trinajstić information content (AvgIpc) is 3.35. The molecule has 2 aliphatic rings. The molecule has 0 aromatic carbocycles. The highest BCUT2D eigenvalue weighted by atomic mass is 32.1. The first-order chi connectivity index (χ1) is 14.2. The molecule has 8 nitrogen and oxygen atoms in total. The van der Waals surface area contributed by atoms with Crippen molar-refractivity contribution in [3.05, 3.63) is 11.1 Å². The van der Waals surface area contributed by atoms with Crippen molar-refractivity contribution < 1.29 is 19.1 Å². The number of aromatic nitrogens is 1. The molecular formula is C21H34N4O4S. The molecule has 2 aliphatic heterocycles. The predicted molar refractivity (Wildman–Crippen MR) is 117 cm³/mol. The number of ether oxygens (including phenoxy) is 2. The summed E-state index contributed by atoms with van der Waals surface area (Å²) in [7, 11) is 1.74. The van der Waals surface area contributed by atoms with Gasteiger partial charge in [0, 0.05) is 43.4 Å². The van der Waals surface area contributed by atoms with E-state index in [2.05, 4.69) is 15.2 Å². The van der Waals surface area contributed by atoms with Crippen molar-refractivity contribution in [3.8, 4) is 0 Å². The Morgan fingerprint density at radius 2 is 2.07 bits per heavy atom. The summed E-state index contributed by atoms with van der Waals surface area (Å²) < 4.78 is 10.8. The second kappa shape index (κ2) is 9.62. The normalized spacial score (nSPS) is 25.0. The van der Waals surface area contributed by atoms with E-state index in [4.69, 9.17) is 9.47 Å². The Hall–Kier alpha value is -1.71. The third kappa shape index (κ3) is 5.70. The van der Waals surface area contributed by atoms with Crippen molar-refractivity contribution in [2.75, 3.05) is 32.1 Å². The molecule has 0 unspecified atom stereocenters. The monoisotopic (exact) mass is 438 g/mol. The second-order valence-electron chi connectivity index (χ2n) is 9.15. The highest BCUT2D eigenvalue weighted by Crippen LogP contribution is 2.29. The number of hydrogen-bond acceptors (Lipinski definition) is 7. The van der Waals surface area contributed by atoms with Gasteiger partial charge in [-0.2, -0.15) is 0 Å². The van der Waals surface area contributed by atoms with Gasteiger partial charge >= 0.3 is 6.09 Å². The average molecular weight is 439 g/mol. The zero-order valence-corrected chi connectivity index (χ0v) is 19.5. The van der Waals surface area contributed by atoms with Crippen molar-refractivity contribution in [3.63, 3.8) is 0 Å². The van der Waals surface area contributed by atoms with Gasteiger partial charge < -0.3 is 19.7 Å². The summed E-state index contributed by atoms with van der Waals surface area (Å²) in [6.45, 7) is 10.6. The molecule has 168 valence electrons. The number of carbonyl (C=O) groups excluding carboxylic acids is 2. The van der Waals surface area contributed by atoms with Gasteiger partial charge in [-0.05, 0) is 53.5 Å². The molecule has 0 spiro atoms. The minimum absolute atomic E-state index is 0.0899. The summed E-state index contributed by atoms with van der Waals surface area (Å²) in [5.74, 6) is -0.359. The lowest BCUT2D eigenvalue weighted by atomic mass is 10.0. The molecule has 1 N–H and O–H groups in total. The molecule has 3 atom stereocenters. The van der Waals surface area contributed by atoms with Crippen LogP contribution < -0.4 is 5.32 Å². The molecule has 9 heteroatoms. The van der Waals surface area contributed by atoms with Crippen LogP contribution in [0.3, 0.4) is 0 Å². The van der Waals surface area contributed by atoms with Crippen LogP contribution in [0.1, 0.15) is 51.8 Å². The predicted octanol–water partition coefficient (Wildman–Crippen LogP) is 3.34. The Labute approximate surface area is 182 Å². The van der Waals surface area contributed by atoms with E-state index < -0.39 is 5.60 Å². The SMILES string of the molecule is COC[C@H]1CCCN1Cc1cnc(NC(=O)[C@H]2CCN(C(=O)OC(C)(C)C)[C@H]2C)s1. The molecule has 2 saturated heterocycles. The van der Waals surface area contributed by atoms with Gasteiger partial charge in [0.25, 0.3) is 0 Å². The summed E-state index contributed by atoms with van der Waals surface area (Å²) in [5.41, 5.74) is -0.550. The Balaban J connectivity index is 1.53. The first-order valence-corrected chi connectivity index (χ1v) is 11.5. The molecule has 0 aliphatic carbocycles. The highest BCUT2D eigenvalue weighted by molar-refractivity contribution is 7.15. The van der Waals surface area contributed by atoms with Gasteiger partial charge in [-0.1, -0.05) is 0 Å². The third-order valence-electron chi connectivity index (χ3n) is 5.72. The lowest BCUT2D eigenvalue weighted by Gasteiger charge is -2.28. The Morgan fingerprint density at radius 3 is 2.77 bits per heavy atom. The zero-order chi connectivity index (χ0) is 21.9. The van der Waals surface area contributed by atoms with Crippen molar-refractivity contribution in [1.29, 1.82) is 0 Å². The number of anilines is 1. The summed E-state index contributed by atoms with van der Waals surface area (Å²) >= 11 is 1.51. The fraction of sp³-hybridized carbons (Fsp3) is 0.762. The van der Waals surface area contributed by atoms with Gasteiger partial charge in [0.15, 0.2) is 5.13 Å². The van der Waals surface area contributed by atoms with Gasteiger partial charge in [0.1, 0.15) is 5.60 Å². The number of amides is 2. The van der Waals surface area contributed by atoms with Gasteiger partial charge in [0.2, 0.25) is 5.91 Å². The van der Waals surface area contributed by atoms with Crippen molar-refractivity contribution in [2.45, 2.75) is 71.2 Å². The lowest BCUT2D eigenvalue weighted by molar-refractivity contribution is -0.120. The van der Waals surface area contributed by atoms with E-state index in [0.29, 0.717) is 24.1 Å². The summed E-state index contributed by atoms with van der Waals surface area (Å²) in [6, 6.07) is 0.243. The summed E-state index contributed by atoms with van der Waals surface area (Å²) in [5, 5.41) is 3.56. The summed E-state index contributed by atoms with van der Waals surface area (Å²) in [4.78, 5) is 34.8. The molecule has 2 fully saturated rings. The quantitative estimate of drug-likeness (QED) is 0.733. The van der Waals surface area contributed by atoms with Gasteiger partial charge in [-0.25, -0.2) is 9.78 Å². The molecule has 1 aromatic heterocycles. The number of nitrogens with one attached hydrogen (secondary N) is 1. The Kier molecular flexibility index (Phi) is 7.36. The zero-order valence-electron chi connectivity index (χ0n) is 18.6. The largest absolute Gasteiger partial charge is 0.444 e. The van der Waals surface area contributed by atoms with Crippen LogP contribution in [-0.2, 0) is 20.8 Å². The van der Waals surface area contributed by atoms with E-state index in [1.54, 1.807) is 12.0 Å². The molecule has 3 rings (SSSR count). The number of thiazole rings is 1. The first kappa shape index (κ1) is 23.0. The summed E-state index contributed by atoms with van der Waals surface area (Å²) in [6.07, 6.45) is 4.44. The molecule has 0 bridgehead atoms. The maximum atomic E-state index is 12.8. The third-order valence-corrected chi connectivity index (χ3v) is 6.62. The van der Waals surface area contributed by atoms with E-state index in [1.807, 2.05) is 33.9 Å².